The molecule has 3 N–H and O–H groups in total. The Balaban J connectivity index is 1.13. The fraction of sp³-hybridized carbons (Fsp3) is 0.280. The van der Waals surface area contributed by atoms with Crippen LogP contribution in [0.5, 0.6) is 0 Å². The van der Waals surface area contributed by atoms with Gasteiger partial charge in [0.2, 0.25) is 5.91 Å². The molecule has 1 aromatic heterocycles. The van der Waals surface area contributed by atoms with Gasteiger partial charge in [-0.05, 0) is 35.1 Å². The number of hydrogen-bond donors (Lipinski definition) is 3. The second-order valence-electron chi connectivity index (χ2n) is 7.92. The number of rotatable bonds is 10. The van der Waals surface area contributed by atoms with Crippen LogP contribution in [0, 0.1) is 0 Å². The monoisotopic (exact) mass is 479 g/mol. The van der Waals surface area contributed by atoms with Crippen molar-refractivity contribution < 1.29 is 24.2 Å². The van der Waals surface area contributed by atoms with Crippen LogP contribution in [0.2, 0.25) is 0 Å². The van der Waals surface area contributed by atoms with Gasteiger partial charge in [-0.2, -0.15) is 0 Å². The third-order valence-corrected chi connectivity index (χ3v) is 6.50. The molecule has 0 saturated heterocycles. The molecule has 3 aromatic rings. The highest BCUT2D eigenvalue weighted by Crippen LogP contribution is 2.44. The molecule has 1 aliphatic rings. The highest BCUT2D eigenvalue weighted by molar-refractivity contribution is 7.09. The van der Waals surface area contributed by atoms with Crippen molar-refractivity contribution in [2.75, 3.05) is 13.2 Å². The molecule has 0 unspecified atom stereocenters. The fourth-order valence-corrected chi connectivity index (χ4v) is 4.71. The summed E-state index contributed by atoms with van der Waals surface area (Å²) in [5.74, 6) is -1.21. The summed E-state index contributed by atoms with van der Waals surface area (Å²) < 4.78 is 5.50. The van der Waals surface area contributed by atoms with E-state index in [0.717, 1.165) is 0 Å². The lowest BCUT2D eigenvalue weighted by atomic mass is 9.98. The van der Waals surface area contributed by atoms with Gasteiger partial charge >= 0.3 is 12.1 Å². The number of hydrogen-bond acceptors (Lipinski definition) is 6. The largest absolute Gasteiger partial charge is 0.476 e. The van der Waals surface area contributed by atoms with E-state index in [-0.39, 0.29) is 30.7 Å². The number of amides is 2. The molecule has 0 radical (unpaired) electrons. The quantitative estimate of drug-likeness (QED) is 0.376. The Kier molecular flexibility index (Phi) is 7.54. The van der Waals surface area contributed by atoms with E-state index in [1.54, 1.807) is 0 Å². The lowest BCUT2D eigenvalue weighted by molar-refractivity contribution is -0.121. The Morgan fingerprint density at radius 3 is 2.29 bits per heavy atom. The first-order valence-electron chi connectivity index (χ1n) is 11.1. The average molecular weight is 480 g/mol. The number of carbonyl (C=O) groups excluding carboxylic acids is 2. The first-order valence-corrected chi connectivity index (χ1v) is 11.9. The lowest BCUT2D eigenvalue weighted by Crippen LogP contribution is -2.27. The van der Waals surface area contributed by atoms with Crippen molar-refractivity contribution in [1.29, 1.82) is 0 Å². The molecule has 4 rings (SSSR count). The smallest absolute Gasteiger partial charge is 0.407 e. The number of unbranched alkanes of at least 4 members (excludes halogenated alkanes) is 1. The number of nitrogens with zero attached hydrogens (tertiary/aromatic N) is 1. The van der Waals surface area contributed by atoms with Crippen molar-refractivity contribution >= 4 is 29.3 Å². The minimum atomic E-state index is -1.09. The van der Waals surface area contributed by atoms with Gasteiger partial charge in [0.1, 0.15) is 11.6 Å². The minimum Gasteiger partial charge on any atom is -0.476 e. The maximum atomic E-state index is 12.2. The zero-order valence-corrected chi connectivity index (χ0v) is 19.3. The van der Waals surface area contributed by atoms with Gasteiger partial charge in [0.15, 0.2) is 5.69 Å². The molecule has 8 nitrogen and oxygen atoms in total. The fourth-order valence-electron chi connectivity index (χ4n) is 4.00. The predicted octanol–water partition coefficient (Wildman–Crippen LogP) is 4.17. The maximum absolute atomic E-state index is 12.2. The summed E-state index contributed by atoms with van der Waals surface area (Å²) in [6.07, 6.45) is 1.08. The molecular formula is C25H25N3O5S. The van der Waals surface area contributed by atoms with Gasteiger partial charge in [-0.1, -0.05) is 48.5 Å². The summed E-state index contributed by atoms with van der Waals surface area (Å²) in [4.78, 5) is 38.9. The van der Waals surface area contributed by atoms with Crippen molar-refractivity contribution in [3.8, 4) is 11.1 Å². The number of fused-ring (bicyclic) bond motifs is 3. The van der Waals surface area contributed by atoms with Crippen molar-refractivity contribution in [3.63, 3.8) is 0 Å². The molecule has 0 fully saturated rings. The number of carboxylic acids is 1. The van der Waals surface area contributed by atoms with Gasteiger partial charge in [-0.15, -0.1) is 11.3 Å². The van der Waals surface area contributed by atoms with E-state index < -0.39 is 12.1 Å². The maximum Gasteiger partial charge on any atom is 0.407 e. The zero-order valence-electron chi connectivity index (χ0n) is 18.5. The second-order valence-corrected chi connectivity index (χ2v) is 8.86. The molecule has 1 aliphatic carbocycles. The second kappa shape index (κ2) is 10.9. The van der Waals surface area contributed by atoms with Crippen LogP contribution in [0.1, 0.15) is 51.8 Å². The minimum absolute atomic E-state index is 0.0197. The van der Waals surface area contributed by atoms with Gasteiger partial charge < -0.3 is 20.5 Å². The van der Waals surface area contributed by atoms with E-state index in [2.05, 4.69) is 39.9 Å². The molecule has 0 spiro atoms. The lowest BCUT2D eigenvalue weighted by Gasteiger charge is -2.14. The Bertz CT molecular complexity index is 1150. The van der Waals surface area contributed by atoms with E-state index in [1.165, 1.54) is 39.0 Å². The number of thiazole rings is 1. The number of nitrogens with one attached hydrogen (secondary N) is 2. The molecule has 0 saturated carbocycles. The van der Waals surface area contributed by atoms with Crippen molar-refractivity contribution in [2.24, 2.45) is 0 Å². The Labute approximate surface area is 201 Å². The summed E-state index contributed by atoms with van der Waals surface area (Å²) in [6, 6.07) is 16.4. The Hall–Kier alpha value is -3.72. The van der Waals surface area contributed by atoms with Gasteiger partial charge in [-0.25, -0.2) is 14.6 Å². The van der Waals surface area contributed by atoms with E-state index in [4.69, 9.17) is 9.84 Å². The first kappa shape index (κ1) is 23.4. The highest BCUT2D eigenvalue weighted by Gasteiger charge is 2.28. The first-order chi connectivity index (χ1) is 16.5. The van der Waals surface area contributed by atoms with Crippen LogP contribution in [0.3, 0.4) is 0 Å². The molecule has 176 valence electrons. The Morgan fingerprint density at radius 2 is 1.65 bits per heavy atom. The van der Waals surface area contributed by atoms with E-state index in [0.29, 0.717) is 30.8 Å². The Morgan fingerprint density at radius 1 is 0.971 bits per heavy atom. The standard InChI is InChI=1S/C25H25N3O5S/c29-22(27-13-23-28-21(15-34-23)24(30)31)11-5-6-12-26-25(32)33-14-20-18-9-3-1-7-16(18)17-8-2-4-10-19(17)20/h1-4,7-10,15,20H,5-6,11-14H2,(H,26,32)(H,27,29)(H,30,31). The number of carbonyl (C=O) groups is 3. The van der Waals surface area contributed by atoms with Crippen molar-refractivity contribution in [2.45, 2.75) is 31.7 Å². The molecule has 0 aliphatic heterocycles. The third kappa shape index (κ3) is 5.60. The number of aromatic nitrogens is 1. The van der Waals surface area contributed by atoms with Crippen LogP contribution >= 0.6 is 11.3 Å². The highest BCUT2D eigenvalue weighted by atomic mass is 32.1. The third-order valence-electron chi connectivity index (χ3n) is 5.65. The van der Waals surface area contributed by atoms with Gasteiger partial charge in [0.25, 0.3) is 0 Å². The van der Waals surface area contributed by atoms with Crippen LogP contribution in [0.25, 0.3) is 11.1 Å². The van der Waals surface area contributed by atoms with Crippen LogP contribution in [0.4, 0.5) is 4.79 Å². The van der Waals surface area contributed by atoms with E-state index in [9.17, 15) is 14.4 Å². The normalized spacial score (nSPS) is 12.0. The summed E-state index contributed by atoms with van der Waals surface area (Å²) >= 11 is 1.19. The molecule has 0 bridgehead atoms. The summed E-state index contributed by atoms with van der Waals surface area (Å²) in [5.41, 5.74) is 4.68. The summed E-state index contributed by atoms with van der Waals surface area (Å²) in [5, 5.41) is 16.3. The number of aromatic carboxylic acids is 1. The van der Waals surface area contributed by atoms with Crippen LogP contribution < -0.4 is 10.6 Å². The summed E-state index contributed by atoms with van der Waals surface area (Å²) in [6.45, 7) is 0.885. The SMILES string of the molecule is O=C(CCCCNC(=O)OCC1c2ccccc2-c2ccccc21)NCc1nc(C(=O)O)cs1. The number of alkyl carbamates (subject to hydrolysis) is 1. The van der Waals surface area contributed by atoms with Crippen molar-refractivity contribution in [3.05, 3.63) is 75.7 Å². The van der Waals surface area contributed by atoms with Crippen LogP contribution in [0.15, 0.2) is 53.9 Å². The van der Waals surface area contributed by atoms with Crippen LogP contribution in [-0.4, -0.2) is 41.2 Å². The molecule has 1 heterocycles. The number of ether oxygens (including phenoxy) is 1. The molecule has 2 aromatic carbocycles. The zero-order chi connectivity index (χ0) is 23.9. The molecular weight excluding hydrogens is 454 g/mol. The van der Waals surface area contributed by atoms with Gasteiger partial charge in [-0.3, -0.25) is 4.79 Å². The van der Waals surface area contributed by atoms with Crippen LogP contribution in [-0.2, 0) is 16.1 Å². The molecule has 2 amide bonds. The number of carboxylic acid groups (broad SMARTS) is 1. The van der Waals surface area contributed by atoms with E-state index >= 15 is 0 Å². The molecule has 0 atom stereocenters. The van der Waals surface area contributed by atoms with Gasteiger partial charge in [0, 0.05) is 24.3 Å². The van der Waals surface area contributed by atoms with Gasteiger partial charge in [0.05, 0.1) is 6.54 Å². The summed E-state index contributed by atoms with van der Waals surface area (Å²) in [7, 11) is 0. The molecule has 34 heavy (non-hydrogen) atoms. The average Bonchev–Trinajstić information content (AvgIpc) is 3.44. The van der Waals surface area contributed by atoms with Crippen molar-refractivity contribution in [1.82, 2.24) is 15.6 Å². The number of benzene rings is 2. The van der Waals surface area contributed by atoms with E-state index in [1.807, 2.05) is 24.3 Å². The topological polar surface area (TPSA) is 118 Å². The predicted molar refractivity (Wildman–Crippen MR) is 128 cm³/mol. The molecule has 9 heteroatoms.